The molecule has 0 bridgehead atoms. The van der Waals surface area contributed by atoms with E-state index >= 15 is 0 Å². The van der Waals surface area contributed by atoms with Crippen LogP contribution in [0.1, 0.15) is 24.0 Å². The Morgan fingerprint density at radius 3 is 2.62 bits per heavy atom. The molecule has 21 heavy (non-hydrogen) atoms. The summed E-state index contributed by atoms with van der Waals surface area (Å²) in [6, 6.07) is 7.19. The number of likely N-dealkylation sites (tertiary alicyclic amines) is 1. The highest BCUT2D eigenvalue weighted by atomic mass is 16.4. The van der Waals surface area contributed by atoms with Gasteiger partial charge in [-0.15, -0.1) is 0 Å². The zero-order valence-corrected chi connectivity index (χ0v) is 11.7. The standard InChI is InChI=1S/C16H19NO4/c18-13-8-14(16(20)21)17(9-13)15(19)12-6-5-10-3-1-2-4-11(10)7-12/h1-4,12-14,18H,5-9H2,(H,20,21)/t12?,13-,14-/m0/s1. The molecule has 0 radical (unpaired) electrons. The molecule has 3 atom stereocenters. The molecule has 0 saturated carbocycles. The third-order valence-electron chi connectivity index (χ3n) is 4.54. The van der Waals surface area contributed by atoms with Gasteiger partial charge < -0.3 is 15.1 Å². The molecular formula is C16H19NO4. The fourth-order valence-corrected chi connectivity index (χ4v) is 3.43. The van der Waals surface area contributed by atoms with Crippen molar-refractivity contribution in [2.45, 2.75) is 37.8 Å². The molecule has 1 aliphatic heterocycles. The predicted molar refractivity (Wildman–Crippen MR) is 75.7 cm³/mol. The van der Waals surface area contributed by atoms with Crippen LogP contribution in [0.15, 0.2) is 24.3 Å². The highest BCUT2D eigenvalue weighted by Gasteiger charge is 2.41. The second kappa shape index (κ2) is 5.48. The molecule has 112 valence electrons. The predicted octanol–water partition coefficient (Wildman–Crippen LogP) is 0.838. The number of benzene rings is 1. The summed E-state index contributed by atoms with van der Waals surface area (Å²) in [6.07, 6.45) is 1.65. The second-order valence-corrected chi connectivity index (χ2v) is 5.94. The molecule has 5 heteroatoms. The van der Waals surface area contributed by atoms with E-state index in [1.165, 1.54) is 16.0 Å². The molecule has 2 aliphatic rings. The molecule has 5 nitrogen and oxygen atoms in total. The highest BCUT2D eigenvalue weighted by Crippen LogP contribution is 2.29. The number of β-amino-alcohol motifs (C(OH)–C–C–N with tert-alkyl or cyclic N) is 1. The summed E-state index contributed by atoms with van der Waals surface area (Å²) in [4.78, 5) is 25.2. The number of carboxylic acid groups (broad SMARTS) is 1. The molecule has 1 aromatic rings. The summed E-state index contributed by atoms with van der Waals surface area (Å²) in [5, 5.41) is 18.9. The minimum Gasteiger partial charge on any atom is -0.480 e. The van der Waals surface area contributed by atoms with Crippen LogP contribution in [0.2, 0.25) is 0 Å². The number of carboxylic acids is 1. The van der Waals surface area contributed by atoms with Crippen molar-refractivity contribution in [3.63, 3.8) is 0 Å². The van der Waals surface area contributed by atoms with Gasteiger partial charge in [0.25, 0.3) is 0 Å². The van der Waals surface area contributed by atoms with Crippen LogP contribution in [0.5, 0.6) is 0 Å². The Morgan fingerprint density at radius 1 is 1.19 bits per heavy atom. The Hall–Kier alpha value is -1.88. The van der Waals surface area contributed by atoms with E-state index in [1.807, 2.05) is 18.2 Å². The van der Waals surface area contributed by atoms with Gasteiger partial charge in [-0.2, -0.15) is 0 Å². The Labute approximate surface area is 123 Å². The normalized spacial score (nSPS) is 28.2. The van der Waals surface area contributed by atoms with Crippen LogP contribution < -0.4 is 0 Å². The lowest BCUT2D eigenvalue weighted by Gasteiger charge is -2.29. The summed E-state index contributed by atoms with van der Waals surface area (Å²) in [5.41, 5.74) is 2.45. The first kappa shape index (κ1) is 14.1. The van der Waals surface area contributed by atoms with Gasteiger partial charge in [-0.25, -0.2) is 4.79 Å². The quantitative estimate of drug-likeness (QED) is 0.845. The smallest absolute Gasteiger partial charge is 0.326 e. The number of carbonyl (C=O) groups is 2. The van der Waals surface area contributed by atoms with Crippen LogP contribution >= 0.6 is 0 Å². The van der Waals surface area contributed by atoms with Gasteiger partial charge in [0.2, 0.25) is 5.91 Å². The van der Waals surface area contributed by atoms with E-state index in [2.05, 4.69) is 6.07 Å². The molecular weight excluding hydrogens is 270 g/mol. The topological polar surface area (TPSA) is 77.8 Å². The Morgan fingerprint density at radius 2 is 1.90 bits per heavy atom. The molecule has 3 rings (SSSR count). The lowest BCUT2D eigenvalue weighted by atomic mass is 9.83. The fourth-order valence-electron chi connectivity index (χ4n) is 3.43. The monoisotopic (exact) mass is 289 g/mol. The number of nitrogens with zero attached hydrogens (tertiary/aromatic N) is 1. The number of aliphatic hydroxyl groups is 1. The fraction of sp³-hybridized carbons (Fsp3) is 0.500. The van der Waals surface area contributed by atoms with Crippen LogP contribution in [0.25, 0.3) is 0 Å². The van der Waals surface area contributed by atoms with Crippen molar-refractivity contribution in [2.24, 2.45) is 5.92 Å². The first-order chi connectivity index (χ1) is 10.1. The zero-order valence-electron chi connectivity index (χ0n) is 11.7. The lowest BCUT2D eigenvalue weighted by Crippen LogP contribution is -2.44. The van der Waals surface area contributed by atoms with E-state index in [4.69, 9.17) is 0 Å². The SMILES string of the molecule is O=C(O)[C@@H]1C[C@H](O)CN1C(=O)C1CCc2ccccc2C1. The molecule has 1 aromatic carbocycles. The number of rotatable bonds is 2. The van der Waals surface area contributed by atoms with Gasteiger partial charge >= 0.3 is 5.97 Å². The number of aliphatic hydroxyl groups excluding tert-OH is 1. The summed E-state index contributed by atoms with van der Waals surface area (Å²) in [7, 11) is 0. The van der Waals surface area contributed by atoms with Crippen molar-refractivity contribution in [2.75, 3.05) is 6.54 Å². The van der Waals surface area contributed by atoms with Gasteiger partial charge in [-0.3, -0.25) is 4.79 Å². The lowest BCUT2D eigenvalue weighted by molar-refractivity contribution is -0.150. The number of hydrogen-bond acceptors (Lipinski definition) is 3. The van der Waals surface area contributed by atoms with E-state index in [1.54, 1.807) is 0 Å². The average molecular weight is 289 g/mol. The number of aryl methyl sites for hydroxylation is 1. The molecule has 1 heterocycles. The van der Waals surface area contributed by atoms with E-state index in [9.17, 15) is 19.8 Å². The number of carbonyl (C=O) groups excluding carboxylic acids is 1. The van der Waals surface area contributed by atoms with Gasteiger partial charge in [0, 0.05) is 18.9 Å². The largest absolute Gasteiger partial charge is 0.480 e. The second-order valence-electron chi connectivity index (χ2n) is 5.94. The molecule has 1 fully saturated rings. The molecule has 2 N–H and O–H groups in total. The molecule has 0 aromatic heterocycles. The molecule has 1 unspecified atom stereocenters. The third-order valence-corrected chi connectivity index (χ3v) is 4.54. The average Bonchev–Trinajstić information content (AvgIpc) is 2.88. The molecule has 0 spiro atoms. The van der Waals surface area contributed by atoms with Gasteiger partial charge in [-0.05, 0) is 30.4 Å². The maximum atomic E-state index is 12.6. The van der Waals surface area contributed by atoms with Crippen molar-refractivity contribution in [1.82, 2.24) is 4.90 Å². The highest BCUT2D eigenvalue weighted by molar-refractivity contribution is 5.86. The van der Waals surface area contributed by atoms with Gasteiger partial charge in [0.1, 0.15) is 6.04 Å². The van der Waals surface area contributed by atoms with Crippen LogP contribution in [0.3, 0.4) is 0 Å². The van der Waals surface area contributed by atoms with Crippen LogP contribution in [0.4, 0.5) is 0 Å². The Balaban J connectivity index is 1.76. The first-order valence-corrected chi connectivity index (χ1v) is 7.34. The van der Waals surface area contributed by atoms with E-state index in [0.717, 1.165) is 12.8 Å². The third kappa shape index (κ3) is 2.65. The zero-order chi connectivity index (χ0) is 15.0. The van der Waals surface area contributed by atoms with E-state index in [0.29, 0.717) is 6.42 Å². The molecule has 1 saturated heterocycles. The molecule has 1 amide bonds. The maximum Gasteiger partial charge on any atom is 0.326 e. The maximum absolute atomic E-state index is 12.6. The van der Waals surface area contributed by atoms with Gasteiger partial charge in [0.05, 0.1) is 6.10 Å². The summed E-state index contributed by atoms with van der Waals surface area (Å²) >= 11 is 0. The summed E-state index contributed by atoms with van der Waals surface area (Å²) in [6.45, 7) is 0.133. The number of amides is 1. The number of aliphatic carboxylic acids is 1. The summed E-state index contributed by atoms with van der Waals surface area (Å²) < 4.78 is 0. The van der Waals surface area contributed by atoms with Crippen LogP contribution in [-0.2, 0) is 22.4 Å². The van der Waals surface area contributed by atoms with E-state index < -0.39 is 18.1 Å². The van der Waals surface area contributed by atoms with Crippen molar-refractivity contribution >= 4 is 11.9 Å². The van der Waals surface area contributed by atoms with Crippen LogP contribution in [-0.4, -0.2) is 45.7 Å². The van der Waals surface area contributed by atoms with Crippen molar-refractivity contribution in [1.29, 1.82) is 0 Å². The van der Waals surface area contributed by atoms with Crippen molar-refractivity contribution in [3.05, 3.63) is 35.4 Å². The van der Waals surface area contributed by atoms with Crippen molar-refractivity contribution in [3.8, 4) is 0 Å². The van der Waals surface area contributed by atoms with Crippen LogP contribution in [0, 0.1) is 5.92 Å². The summed E-state index contributed by atoms with van der Waals surface area (Å²) in [5.74, 6) is -1.34. The minimum atomic E-state index is -1.03. The van der Waals surface area contributed by atoms with Gasteiger partial charge in [-0.1, -0.05) is 24.3 Å². The minimum absolute atomic E-state index is 0.129. The Bertz CT molecular complexity index is 571. The van der Waals surface area contributed by atoms with Crippen molar-refractivity contribution < 1.29 is 19.8 Å². The molecule has 1 aliphatic carbocycles. The number of fused-ring (bicyclic) bond motifs is 1. The first-order valence-electron chi connectivity index (χ1n) is 7.34. The van der Waals surface area contributed by atoms with Gasteiger partial charge in [0.15, 0.2) is 0 Å². The van der Waals surface area contributed by atoms with E-state index in [-0.39, 0.29) is 24.8 Å². The Kier molecular flexibility index (Phi) is 3.68. The number of hydrogen-bond donors (Lipinski definition) is 2.